The maximum atomic E-state index is 5.21. The maximum Gasteiger partial charge on any atom is 0.250 e. The molecule has 4 rings (SSSR count). The summed E-state index contributed by atoms with van der Waals surface area (Å²) in [4.78, 5) is 6.84. The summed E-state index contributed by atoms with van der Waals surface area (Å²) < 4.78 is 5.21. The van der Waals surface area contributed by atoms with Gasteiger partial charge in [-0.05, 0) is 37.4 Å². The van der Waals surface area contributed by atoms with Crippen LogP contribution in [0, 0.1) is 5.92 Å². The predicted octanol–water partition coefficient (Wildman–Crippen LogP) is 1.74. The number of rotatable bonds is 2. The van der Waals surface area contributed by atoms with E-state index in [0.717, 1.165) is 24.7 Å². The Bertz CT molecular complexity index is 402. The van der Waals surface area contributed by atoms with Crippen molar-refractivity contribution in [2.75, 3.05) is 19.6 Å². The van der Waals surface area contributed by atoms with Crippen LogP contribution in [-0.2, 0) is 6.42 Å². The first-order valence-electron chi connectivity index (χ1n) is 6.10. The molecule has 0 amide bonds. The molecule has 16 heavy (non-hydrogen) atoms. The van der Waals surface area contributed by atoms with Crippen molar-refractivity contribution in [2.45, 2.75) is 26.2 Å². The monoisotopic (exact) mass is 219 g/mol. The molecule has 3 aliphatic heterocycles. The summed E-state index contributed by atoms with van der Waals surface area (Å²) in [6, 6.07) is 0. The number of piperidine rings is 3. The lowest BCUT2D eigenvalue weighted by Crippen LogP contribution is -2.42. The van der Waals surface area contributed by atoms with Crippen LogP contribution in [0.3, 0.4) is 0 Å². The first kappa shape index (κ1) is 10.0. The van der Waals surface area contributed by atoms with Crippen molar-refractivity contribution < 1.29 is 4.52 Å². The number of hydrogen-bond acceptors (Lipinski definition) is 4. The molecule has 0 N–H and O–H groups in total. The molecule has 4 heteroatoms. The topological polar surface area (TPSA) is 42.2 Å². The van der Waals surface area contributed by atoms with Gasteiger partial charge in [0.1, 0.15) is 0 Å². The molecule has 3 aliphatic rings. The Morgan fingerprint density at radius 3 is 2.81 bits per heavy atom. The lowest BCUT2D eigenvalue weighted by atomic mass is 9.83. The minimum absolute atomic E-state index is 0.681. The second kappa shape index (κ2) is 4.01. The Morgan fingerprint density at radius 2 is 2.25 bits per heavy atom. The zero-order valence-electron chi connectivity index (χ0n) is 9.65. The average Bonchev–Trinajstić information content (AvgIpc) is 2.78. The van der Waals surface area contributed by atoms with Crippen LogP contribution in [0.5, 0.6) is 0 Å². The van der Waals surface area contributed by atoms with Gasteiger partial charge < -0.3 is 4.52 Å². The van der Waals surface area contributed by atoms with Crippen LogP contribution in [-0.4, -0.2) is 34.7 Å². The summed E-state index contributed by atoms with van der Waals surface area (Å²) in [6.45, 7) is 5.64. The van der Waals surface area contributed by atoms with Crippen LogP contribution in [0.15, 0.2) is 10.1 Å². The smallest absolute Gasteiger partial charge is 0.250 e. The highest BCUT2D eigenvalue weighted by molar-refractivity contribution is 5.46. The zero-order valence-corrected chi connectivity index (χ0v) is 9.65. The van der Waals surface area contributed by atoms with Crippen LogP contribution < -0.4 is 0 Å². The van der Waals surface area contributed by atoms with Gasteiger partial charge in [0.25, 0.3) is 5.89 Å². The number of aryl methyl sites for hydroxylation is 1. The van der Waals surface area contributed by atoms with Gasteiger partial charge >= 0.3 is 0 Å². The minimum atomic E-state index is 0.681. The molecule has 0 aliphatic carbocycles. The van der Waals surface area contributed by atoms with Crippen LogP contribution in [0.2, 0.25) is 0 Å². The fourth-order valence-electron chi connectivity index (χ4n) is 2.64. The summed E-state index contributed by atoms with van der Waals surface area (Å²) >= 11 is 0. The molecule has 2 bridgehead atoms. The second-order valence-electron chi connectivity index (χ2n) is 4.67. The van der Waals surface area contributed by atoms with Crippen molar-refractivity contribution in [3.63, 3.8) is 0 Å². The Balaban J connectivity index is 1.81. The van der Waals surface area contributed by atoms with Gasteiger partial charge in [-0.2, -0.15) is 4.98 Å². The molecule has 0 atom stereocenters. The summed E-state index contributed by atoms with van der Waals surface area (Å²) in [6.07, 6.45) is 5.52. The third-order valence-corrected chi connectivity index (χ3v) is 3.63. The van der Waals surface area contributed by atoms with E-state index in [1.807, 2.05) is 6.92 Å². The third kappa shape index (κ3) is 1.78. The highest BCUT2D eigenvalue weighted by Gasteiger charge is 2.29. The molecule has 3 saturated heterocycles. The first-order valence-corrected chi connectivity index (χ1v) is 6.10. The van der Waals surface area contributed by atoms with E-state index in [9.17, 15) is 0 Å². The van der Waals surface area contributed by atoms with E-state index in [4.69, 9.17) is 4.52 Å². The van der Waals surface area contributed by atoms with Crippen LogP contribution in [0.1, 0.15) is 31.5 Å². The van der Waals surface area contributed by atoms with Crippen molar-refractivity contribution in [2.24, 2.45) is 5.92 Å². The van der Waals surface area contributed by atoms with E-state index in [-0.39, 0.29) is 0 Å². The highest BCUT2D eigenvalue weighted by atomic mass is 16.5. The van der Waals surface area contributed by atoms with Crippen molar-refractivity contribution in [1.82, 2.24) is 15.0 Å². The van der Waals surface area contributed by atoms with Crippen LogP contribution in [0.4, 0.5) is 0 Å². The third-order valence-electron chi connectivity index (χ3n) is 3.63. The lowest BCUT2D eigenvalue weighted by Gasteiger charge is -2.40. The van der Waals surface area contributed by atoms with Gasteiger partial charge in [-0.15, -0.1) is 0 Å². The van der Waals surface area contributed by atoms with E-state index in [1.54, 1.807) is 0 Å². The van der Waals surface area contributed by atoms with E-state index >= 15 is 0 Å². The van der Waals surface area contributed by atoms with Crippen molar-refractivity contribution in [3.8, 4) is 0 Å². The number of hydrogen-bond donors (Lipinski definition) is 0. The largest absolute Gasteiger partial charge is 0.335 e. The zero-order chi connectivity index (χ0) is 11.0. The summed E-state index contributed by atoms with van der Waals surface area (Å²) in [5.41, 5.74) is 1.48. The number of aromatic nitrogens is 2. The molecule has 0 saturated carbocycles. The molecule has 0 radical (unpaired) electrons. The fraction of sp³-hybridized carbons (Fsp3) is 0.667. The summed E-state index contributed by atoms with van der Waals surface area (Å²) in [7, 11) is 0. The Morgan fingerprint density at radius 1 is 1.44 bits per heavy atom. The minimum Gasteiger partial charge on any atom is -0.335 e. The molecule has 1 aromatic rings. The van der Waals surface area contributed by atoms with Gasteiger partial charge in [0.15, 0.2) is 5.82 Å². The lowest BCUT2D eigenvalue weighted by molar-refractivity contribution is 0.163. The van der Waals surface area contributed by atoms with Gasteiger partial charge in [-0.3, -0.25) is 4.90 Å². The number of nitrogens with zero attached hydrogens (tertiary/aromatic N) is 3. The molecule has 0 aromatic carbocycles. The molecule has 1 aromatic heterocycles. The standard InChI is InChI=1S/C12H17N3O/c1-2-11-13-12(16-14-11)7-10-8-15-5-3-9(10)4-6-15/h7,9H,2-6,8H2,1H3/b10-7+. The van der Waals surface area contributed by atoms with Crippen LogP contribution in [0.25, 0.3) is 6.08 Å². The SMILES string of the molecule is CCc1noc(/C=C2\CN3CCC2CC3)n1. The molecule has 86 valence electrons. The van der Waals surface area contributed by atoms with E-state index in [2.05, 4.69) is 21.1 Å². The van der Waals surface area contributed by atoms with Gasteiger partial charge in [0, 0.05) is 19.0 Å². The fourth-order valence-corrected chi connectivity index (χ4v) is 2.64. The van der Waals surface area contributed by atoms with Gasteiger partial charge in [-0.1, -0.05) is 12.1 Å². The molecule has 0 spiro atoms. The number of fused-ring (bicyclic) bond motifs is 3. The Labute approximate surface area is 95.3 Å². The van der Waals surface area contributed by atoms with Gasteiger partial charge in [-0.25, -0.2) is 0 Å². The quantitative estimate of drug-likeness (QED) is 0.760. The van der Waals surface area contributed by atoms with Gasteiger partial charge in [0.05, 0.1) is 0 Å². The van der Waals surface area contributed by atoms with E-state index in [0.29, 0.717) is 5.89 Å². The molecule has 4 nitrogen and oxygen atoms in total. The summed E-state index contributed by atoms with van der Waals surface area (Å²) in [5.74, 6) is 2.23. The average molecular weight is 219 g/mol. The Hall–Kier alpha value is -1.16. The molecular formula is C12H17N3O. The maximum absolute atomic E-state index is 5.21. The van der Waals surface area contributed by atoms with Crippen LogP contribution >= 0.6 is 0 Å². The molecule has 3 fully saturated rings. The van der Waals surface area contributed by atoms with Crippen molar-refractivity contribution in [1.29, 1.82) is 0 Å². The molecular weight excluding hydrogens is 202 g/mol. The van der Waals surface area contributed by atoms with E-state index in [1.165, 1.54) is 31.5 Å². The summed E-state index contributed by atoms with van der Waals surface area (Å²) in [5, 5.41) is 3.92. The normalized spacial score (nSPS) is 31.2. The molecule has 0 unspecified atom stereocenters. The van der Waals surface area contributed by atoms with Gasteiger partial charge in [0.2, 0.25) is 0 Å². The molecule has 4 heterocycles. The van der Waals surface area contributed by atoms with E-state index < -0.39 is 0 Å². The van der Waals surface area contributed by atoms with Crippen molar-refractivity contribution in [3.05, 3.63) is 17.3 Å². The second-order valence-corrected chi connectivity index (χ2v) is 4.67. The highest BCUT2D eigenvalue weighted by Crippen LogP contribution is 2.32. The predicted molar refractivity (Wildman–Crippen MR) is 60.8 cm³/mol. The Kier molecular flexibility index (Phi) is 2.52. The first-order chi connectivity index (χ1) is 7.85. The van der Waals surface area contributed by atoms with Crippen molar-refractivity contribution >= 4 is 6.08 Å².